The van der Waals surface area contributed by atoms with Gasteiger partial charge in [0.1, 0.15) is 10.6 Å². The number of benzene rings is 2. The molecule has 0 bridgehead atoms. The van der Waals surface area contributed by atoms with E-state index in [4.69, 9.17) is 4.18 Å². The van der Waals surface area contributed by atoms with E-state index in [1.54, 1.807) is 43.3 Å². The van der Waals surface area contributed by atoms with Gasteiger partial charge >= 0.3 is 10.1 Å². The van der Waals surface area contributed by atoms with Crippen LogP contribution >= 0.6 is 0 Å². The normalized spacial score (nSPS) is 11.2. The van der Waals surface area contributed by atoms with E-state index in [-0.39, 0.29) is 4.90 Å². The van der Waals surface area contributed by atoms with E-state index >= 15 is 0 Å². The van der Waals surface area contributed by atoms with Crippen LogP contribution in [0.2, 0.25) is 0 Å². The fourth-order valence-corrected chi connectivity index (χ4v) is 2.87. The van der Waals surface area contributed by atoms with Gasteiger partial charge in [0.25, 0.3) is 0 Å². The maximum Gasteiger partial charge on any atom is 0.339 e. The molecule has 2 aromatic rings. The lowest BCUT2D eigenvalue weighted by molar-refractivity contribution is 0.483. The Hall–Kier alpha value is -1.81. The number of aryl methyl sites for hydroxylation is 2. The smallest absolute Gasteiger partial charge is 0.339 e. The SMILES string of the molecule is Cc1ccccc1OS(=O)(=O)c1ccccc1C. The lowest BCUT2D eigenvalue weighted by Gasteiger charge is -2.10. The van der Waals surface area contributed by atoms with E-state index in [1.807, 2.05) is 19.1 Å². The first-order valence-corrected chi connectivity index (χ1v) is 6.97. The number of rotatable bonds is 3. The maximum atomic E-state index is 12.2. The van der Waals surface area contributed by atoms with Gasteiger partial charge in [-0.1, -0.05) is 36.4 Å². The predicted molar refractivity (Wildman–Crippen MR) is 70.2 cm³/mol. The summed E-state index contributed by atoms with van der Waals surface area (Å²) in [4.78, 5) is 0.202. The summed E-state index contributed by atoms with van der Waals surface area (Å²) in [5.74, 6) is 0.362. The predicted octanol–water partition coefficient (Wildman–Crippen LogP) is 3.07. The Balaban J connectivity index is 2.40. The van der Waals surface area contributed by atoms with Crippen LogP contribution in [0.15, 0.2) is 53.4 Å². The van der Waals surface area contributed by atoms with E-state index in [2.05, 4.69) is 0 Å². The molecule has 0 fully saturated rings. The highest BCUT2D eigenvalue weighted by Crippen LogP contribution is 2.23. The molecule has 0 aliphatic rings. The van der Waals surface area contributed by atoms with Crippen molar-refractivity contribution >= 4 is 10.1 Å². The molecule has 0 unspecified atom stereocenters. The minimum absolute atomic E-state index is 0.202. The summed E-state index contributed by atoms with van der Waals surface area (Å²) < 4.78 is 29.5. The molecule has 0 aromatic heterocycles. The van der Waals surface area contributed by atoms with Gasteiger partial charge in [0.15, 0.2) is 0 Å². The molecule has 2 aromatic carbocycles. The molecule has 0 heterocycles. The molecule has 0 spiro atoms. The first kappa shape index (κ1) is 12.6. The van der Waals surface area contributed by atoms with Gasteiger partial charge in [0.05, 0.1) is 0 Å². The standard InChI is InChI=1S/C14H14O3S/c1-11-7-3-5-9-13(11)17-18(15,16)14-10-6-4-8-12(14)2/h3-10H,1-2H3. The zero-order valence-electron chi connectivity index (χ0n) is 10.3. The Labute approximate surface area is 107 Å². The van der Waals surface area contributed by atoms with Gasteiger partial charge in [-0.25, -0.2) is 0 Å². The summed E-state index contributed by atoms with van der Waals surface area (Å²) >= 11 is 0. The molecule has 3 nitrogen and oxygen atoms in total. The molecule has 0 saturated carbocycles. The Bertz CT molecular complexity index is 660. The van der Waals surface area contributed by atoms with Gasteiger partial charge in [-0.3, -0.25) is 0 Å². The zero-order chi connectivity index (χ0) is 13.2. The van der Waals surface area contributed by atoms with Crippen molar-refractivity contribution in [3.63, 3.8) is 0 Å². The molecule has 0 N–H and O–H groups in total. The summed E-state index contributed by atoms with van der Waals surface area (Å²) in [5, 5.41) is 0. The van der Waals surface area contributed by atoms with Crippen LogP contribution in [0.5, 0.6) is 5.75 Å². The minimum Gasteiger partial charge on any atom is -0.379 e. The number of hydrogen-bond donors (Lipinski definition) is 0. The van der Waals surface area contributed by atoms with Crippen LogP contribution < -0.4 is 4.18 Å². The highest BCUT2D eigenvalue weighted by Gasteiger charge is 2.19. The van der Waals surface area contributed by atoms with Gasteiger partial charge in [-0.05, 0) is 37.1 Å². The van der Waals surface area contributed by atoms with Crippen LogP contribution in [0.25, 0.3) is 0 Å². The first-order valence-electron chi connectivity index (χ1n) is 5.56. The van der Waals surface area contributed by atoms with Gasteiger partial charge in [-0.15, -0.1) is 0 Å². The molecular formula is C14H14O3S. The lowest BCUT2D eigenvalue weighted by atomic mass is 10.2. The summed E-state index contributed by atoms with van der Waals surface area (Å²) in [6, 6.07) is 13.8. The van der Waals surface area contributed by atoms with Crippen LogP contribution in [0, 0.1) is 13.8 Å². The second-order valence-corrected chi connectivity index (χ2v) is 5.58. The van der Waals surface area contributed by atoms with E-state index in [0.717, 1.165) is 5.56 Å². The van der Waals surface area contributed by atoms with Gasteiger partial charge < -0.3 is 4.18 Å². The quantitative estimate of drug-likeness (QED) is 0.798. The Morgan fingerprint density at radius 3 is 2.00 bits per heavy atom. The largest absolute Gasteiger partial charge is 0.379 e. The third-order valence-electron chi connectivity index (χ3n) is 2.66. The van der Waals surface area contributed by atoms with Crippen LogP contribution in [-0.4, -0.2) is 8.42 Å². The fraction of sp³-hybridized carbons (Fsp3) is 0.143. The third kappa shape index (κ3) is 2.54. The van der Waals surface area contributed by atoms with Gasteiger partial charge in [0.2, 0.25) is 0 Å². The van der Waals surface area contributed by atoms with Crippen molar-refractivity contribution in [2.24, 2.45) is 0 Å². The lowest BCUT2D eigenvalue weighted by Crippen LogP contribution is -2.11. The average molecular weight is 262 g/mol. The fourth-order valence-electron chi connectivity index (χ4n) is 1.65. The molecule has 0 saturated heterocycles. The van der Waals surface area contributed by atoms with Gasteiger partial charge in [-0.2, -0.15) is 8.42 Å². The molecule has 0 amide bonds. The third-order valence-corrected chi connectivity index (χ3v) is 4.05. The summed E-state index contributed by atoms with van der Waals surface area (Å²) in [6.45, 7) is 3.55. The van der Waals surface area contributed by atoms with Crippen molar-refractivity contribution < 1.29 is 12.6 Å². The van der Waals surface area contributed by atoms with Crippen molar-refractivity contribution in [3.05, 3.63) is 59.7 Å². The topological polar surface area (TPSA) is 43.4 Å². The van der Waals surface area contributed by atoms with Crippen molar-refractivity contribution in [2.45, 2.75) is 18.7 Å². The Kier molecular flexibility index (Phi) is 3.39. The van der Waals surface area contributed by atoms with E-state index in [1.165, 1.54) is 0 Å². The van der Waals surface area contributed by atoms with Crippen LogP contribution in [0.4, 0.5) is 0 Å². The van der Waals surface area contributed by atoms with Crippen molar-refractivity contribution in [1.82, 2.24) is 0 Å². The molecule has 2 rings (SSSR count). The monoisotopic (exact) mass is 262 g/mol. The second kappa shape index (κ2) is 4.82. The van der Waals surface area contributed by atoms with Crippen molar-refractivity contribution in [1.29, 1.82) is 0 Å². The van der Waals surface area contributed by atoms with Crippen LogP contribution in [0.1, 0.15) is 11.1 Å². The molecule has 4 heteroatoms. The minimum atomic E-state index is -3.77. The molecule has 94 valence electrons. The number of para-hydroxylation sites is 1. The van der Waals surface area contributed by atoms with Crippen LogP contribution in [0.3, 0.4) is 0 Å². The summed E-state index contributed by atoms with van der Waals surface area (Å²) in [6.07, 6.45) is 0. The average Bonchev–Trinajstić information content (AvgIpc) is 2.32. The van der Waals surface area contributed by atoms with E-state index in [0.29, 0.717) is 11.3 Å². The molecule has 0 aliphatic heterocycles. The highest BCUT2D eigenvalue weighted by molar-refractivity contribution is 7.87. The molecule has 0 radical (unpaired) electrons. The Morgan fingerprint density at radius 1 is 0.833 bits per heavy atom. The molecule has 0 aliphatic carbocycles. The maximum absolute atomic E-state index is 12.2. The molecular weight excluding hydrogens is 248 g/mol. The Morgan fingerprint density at radius 2 is 1.39 bits per heavy atom. The molecule has 18 heavy (non-hydrogen) atoms. The first-order chi connectivity index (χ1) is 8.50. The van der Waals surface area contributed by atoms with E-state index in [9.17, 15) is 8.42 Å². The van der Waals surface area contributed by atoms with Crippen molar-refractivity contribution in [3.8, 4) is 5.75 Å². The molecule has 0 atom stereocenters. The number of hydrogen-bond acceptors (Lipinski definition) is 3. The highest BCUT2D eigenvalue weighted by atomic mass is 32.2. The summed E-state index contributed by atoms with van der Waals surface area (Å²) in [7, 11) is -3.77. The van der Waals surface area contributed by atoms with E-state index < -0.39 is 10.1 Å². The summed E-state index contributed by atoms with van der Waals surface area (Å²) in [5.41, 5.74) is 1.46. The van der Waals surface area contributed by atoms with Crippen molar-refractivity contribution in [2.75, 3.05) is 0 Å². The van der Waals surface area contributed by atoms with Crippen LogP contribution in [-0.2, 0) is 10.1 Å². The van der Waals surface area contributed by atoms with Gasteiger partial charge in [0, 0.05) is 0 Å². The second-order valence-electron chi connectivity index (χ2n) is 4.07. The zero-order valence-corrected chi connectivity index (χ0v) is 11.1.